The molecule has 3 N–H and O–H groups in total. The van der Waals surface area contributed by atoms with Crippen molar-refractivity contribution in [2.45, 2.75) is 6.54 Å². The van der Waals surface area contributed by atoms with Crippen LogP contribution in [0.3, 0.4) is 0 Å². The summed E-state index contributed by atoms with van der Waals surface area (Å²) in [7, 11) is 3.18. The lowest BCUT2D eigenvalue weighted by Crippen LogP contribution is -2.22. The molecule has 134 valence electrons. The Morgan fingerprint density at radius 1 is 1.12 bits per heavy atom. The van der Waals surface area contributed by atoms with Crippen LogP contribution in [0, 0.1) is 0 Å². The second-order valence-electron chi connectivity index (χ2n) is 5.40. The molecule has 2 aromatic carbocycles. The van der Waals surface area contributed by atoms with E-state index in [4.69, 9.17) is 15.2 Å². The topological polar surface area (TPSA) is 99.6 Å². The Morgan fingerprint density at radius 3 is 2.54 bits per heavy atom. The fraction of sp³-hybridized carbons (Fsp3) is 0.167. The van der Waals surface area contributed by atoms with E-state index in [1.165, 1.54) is 6.33 Å². The van der Waals surface area contributed by atoms with Gasteiger partial charge in [-0.2, -0.15) is 5.10 Å². The number of methoxy groups -OCH3 is 2. The van der Waals surface area contributed by atoms with Crippen LogP contribution in [0.2, 0.25) is 0 Å². The van der Waals surface area contributed by atoms with Crippen molar-refractivity contribution in [2.75, 3.05) is 19.5 Å². The summed E-state index contributed by atoms with van der Waals surface area (Å²) in [4.78, 5) is 8.29. The number of rotatable bonds is 6. The van der Waals surface area contributed by atoms with Gasteiger partial charge in [0.1, 0.15) is 12.7 Å². The van der Waals surface area contributed by atoms with Crippen molar-refractivity contribution in [1.82, 2.24) is 14.8 Å². The number of hydrogen-bond acceptors (Lipinski definition) is 5. The fourth-order valence-corrected chi connectivity index (χ4v) is 2.37. The van der Waals surface area contributed by atoms with E-state index in [1.807, 2.05) is 30.3 Å². The largest absolute Gasteiger partial charge is 0.493 e. The monoisotopic (exact) mass is 352 g/mol. The van der Waals surface area contributed by atoms with Crippen LogP contribution in [-0.2, 0) is 6.54 Å². The normalized spacial score (nSPS) is 11.2. The highest BCUT2D eigenvalue weighted by molar-refractivity contribution is 5.92. The van der Waals surface area contributed by atoms with Gasteiger partial charge in [-0.3, -0.25) is 0 Å². The van der Waals surface area contributed by atoms with Crippen molar-refractivity contribution in [2.24, 2.45) is 10.7 Å². The number of ether oxygens (including phenoxy) is 2. The number of nitrogens with one attached hydrogen (secondary N) is 1. The van der Waals surface area contributed by atoms with E-state index in [0.717, 1.165) is 16.9 Å². The molecule has 0 atom stereocenters. The van der Waals surface area contributed by atoms with Crippen LogP contribution >= 0.6 is 0 Å². The number of nitrogens with zero attached hydrogens (tertiary/aromatic N) is 4. The molecule has 3 aromatic rings. The minimum absolute atomic E-state index is 0.317. The van der Waals surface area contributed by atoms with Crippen LogP contribution < -0.4 is 20.5 Å². The third-order valence-corrected chi connectivity index (χ3v) is 3.71. The molecule has 1 heterocycles. The van der Waals surface area contributed by atoms with E-state index in [1.54, 1.807) is 37.4 Å². The van der Waals surface area contributed by atoms with E-state index in [2.05, 4.69) is 20.4 Å². The number of hydrogen-bond donors (Lipinski definition) is 2. The molecule has 0 radical (unpaired) electrons. The first-order valence-corrected chi connectivity index (χ1v) is 7.92. The van der Waals surface area contributed by atoms with E-state index in [0.29, 0.717) is 24.0 Å². The summed E-state index contributed by atoms with van der Waals surface area (Å²) in [6, 6.07) is 13.3. The van der Waals surface area contributed by atoms with Gasteiger partial charge in [-0.25, -0.2) is 14.7 Å². The average molecular weight is 352 g/mol. The van der Waals surface area contributed by atoms with Crippen molar-refractivity contribution in [3.63, 3.8) is 0 Å². The Bertz CT molecular complexity index is 875. The molecule has 0 saturated heterocycles. The zero-order valence-corrected chi connectivity index (χ0v) is 14.6. The van der Waals surface area contributed by atoms with Gasteiger partial charge in [-0.05, 0) is 29.8 Å². The van der Waals surface area contributed by atoms with Gasteiger partial charge < -0.3 is 20.5 Å². The maximum Gasteiger partial charge on any atom is 0.193 e. The number of guanidine groups is 1. The van der Waals surface area contributed by atoms with Crippen LogP contribution in [0.4, 0.5) is 5.69 Å². The van der Waals surface area contributed by atoms with Gasteiger partial charge in [0.25, 0.3) is 0 Å². The molecule has 26 heavy (non-hydrogen) atoms. The summed E-state index contributed by atoms with van der Waals surface area (Å²) in [5, 5.41) is 7.13. The molecule has 0 fully saturated rings. The molecule has 0 unspecified atom stereocenters. The Labute approximate surface area is 151 Å². The van der Waals surface area contributed by atoms with Crippen molar-refractivity contribution in [1.29, 1.82) is 0 Å². The fourth-order valence-electron chi connectivity index (χ4n) is 2.37. The van der Waals surface area contributed by atoms with Crippen LogP contribution in [0.5, 0.6) is 11.5 Å². The predicted molar refractivity (Wildman–Crippen MR) is 99.9 cm³/mol. The van der Waals surface area contributed by atoms with Crippen LogP contribution in [0.15, 0.2) is 60.1 Å². The quantitative estimate of drug-likeness (QED) is 0.521. The van der Waals surface area contributed by atoms with Crippen molar-refractivity contribution >= 4 is 11.6 Å². The maximum atomic E-state index is 5.97. The van der Waals surface area contributed by atoms with E-state index < -0.39 is 0 Å². The van der Waals surface area contributed by atoms with Gasteiger partial charge in [0, 0.05) is 11.8 Å². The average Bonchev–Trinajstić information content (AvgIpc) is 3.21. The molecule has 0 amide bonds. The molecule has 0 aliphatic rings. The van der Waals surface area contributed by atoms with E-state index in [-0.39, 0.29) is 0 Å². The Kier molecular flexibility index (Phi) is 5.33. The summed E-state index contributed by atoms with van der Waals surface area (Å²) in [5.41, 5.74) is 8.71. The molecule has 0 aliphatic carbocycles. The highest BCUT2D eigenvalue weighted by Crippen LogP contribution is 2.29. The van der Waals surface area contributed by atoms with Gasteiger partial charge in [0.2, 0.25) is 0 Å². The molecule has 0 bridgehead atoms. The summed E-state index contributed by atoms with van der Waals surface area (Å²) in [6.07, 6.45) is 3.15. The van der Waals surface area contributed by atoms with E-state index in [9.17, 15) is 0 Å². The minimum atomic E-state index is 0.317. The predicted octanol–water partition coefficient (Wildman–Crippen LogP) is 2.21. The molecule has 0 aliphatic heterocycles. The maximum absolute atomic E-state index is 5.97. The number of aromatic nitrogens is 3. The Morgan fingerprint density at radius 2 is 1.88 bits per heavy atom. The highest BCUT2D eigenvalue weighted by atomic mass is 16.5. The first kappa shape index (κ1) is 17.3. The second-order valence-corrected chi connectivity index (χ2v) is 5.40. The van der Waals surface area contributed by atoms with E-state index >= 15 is 0 Å². The lowest BCUT2D eigenvalue weighted by Gasteiger charge is -2.11. The van der Waals surface area contributed by atoms with Gasteiger partial charge in [-0.15, -0.1) is 0 Å². The number of nitrogens with two attached hydrogens (primary N) is 1. The van der Waals surface area contributed by atoms with Gasteiger partial charge in [-0.1, -0.05) is 12.1 Å². The lowest BCUT2D eigenvalue weighted by molar-refractivity contribution is 0.355. The summed E-state index contributed by atoms with van der Waals surface area (Å²) < 4.78 is 12.2. The lowest BCUT2D eigenvalue weighted by atomic mass is 10.2. The Balaban J connectivity index is 1.63. The van der Waals surface area contributed by atoms with Crippen LogP contribution in [0.25, 0.3) is 5.69 Å². The zero-order chi connectivity index (χ0) is 18.4. The van der Waals surface area contributed by atoms with Crippen LogP contribution in [-0.4, -0.2) is 34.9 Å². The summed E-state index contributed by atoms with van der Waals surface area (Å²) in [6.45, 7) is 0.462. The van der Waals surface area contributed by atoms with Crippen molar-refractivity contribution in [3.8, 4) is 17.2 Å². The smallest absolute Gasteiger partial charge is 0.193 e. The Hall–Kier alpha value is -3.55. The minimum Gasteiger partial charge on any atom is -0.493 e. The number of anilines is 1. The van der Waals surface area contributed by atoms with Crippen molar-refractivity contribution in [3.05, 3.63) is 60.7 Å². The second kappa shape index (κ2) is 8.02. The van der Waals surface area contributed by atoms with Gasteiger partial charge >= 0.3 is 0 Å². The first-order chi connectivity index (χ1) is 12.7. The molecular formula is C18H20N6O2. The molecular weight excluding hydrogens is 332 g/mol. The van der Waals surface area contributed by atoms with Gasteiger partial charge in [0.05, 0.1) is 26.5 Å². The van der Waals surface area contributed by atoms with Crippen molar-refractivity contribution < 1.29 is 9.47 Å². The van der Waals surface area contributed by atoms with Crippen LogP contribution in [0.1, 0.15) is 5.56 Å². The standard InChI is InChI=1S/C18H20N6O2/c1-25-16-8-5-14(9-17(16)26-2)23-18(19)21-10-13-3-6-15(7-4-13)24-12-20-11-22-24/h3-9,11-12H,10H2,1-2H3,(H3,19,21,23). The third-order valence-electron chi connectivity index (χ3n) is 3.71. The molecule has 3 rings (SSSR count). The summed E-state index contributed by atoms with van der Waals surface area (Å²) >= 11 is 0. The van der Waals surface area contributed by atoms with Gasteiger partial charge in [0.15, 0.2) is 17.5 Å². The molecule has 0 spiro atoms. The summed E-state index contributed by atoms with van der Waals surface area (Å²) in [5.74, 6) is 1.59. The molecule has 1 aromatic heterocycles. The third kappa shape index (κ3) is 4.10. The first-order valence-electron chi connectivity index (χ1n) is 7.92. The molecule has 0 saturated carbocycles. The zero-order valence-electron chi connectivity index (χ0n) is 14.6. The SMILES string of the molecule is COc1ccc(NC(N)=NCc2ccc(-n3cncn3)cc2)cc1OC. The number of aliphatic imine (C=N–C) groups is 1. The molecule has 8 heteroatoms. The number of benzene rings is 2. The highest BCUT2D eigenvalue weighted by Gasteiger charge is 2.05. The molecule has 8 nitrogen and oxygen atoms in total.